The number of halogens is 3. The fraction of sp³-hybridized carbons (Fsp3) is 0.280. The zero-order valence-electron chi connectivity index (χ0n) is 17.6. The predicted octanol–water partition coefficient (Wildman–Crippen LogP) is 5.89. The summed E-state index contributed by atoms with van der Waals surface area (Å²) in [6, 6.07) is 17.1. The highest BCUT2D eigenvalue weighted by molar-refractivity contribution is 6.07. The van der Waals surface area contributed by atoms with Crippen LogP contribution in [-0.4, -0.2) is 35.5 Å². The molecule has 3 aromatic rings. The topological polar surface area (TPSA) is 57.6 Å². The summed E-state index contributed by atoms with van der Waals surface area (Å²) in [7, 11) is 0. The Kier molecular flexibility index (Phi) is 7.18. The van der Waals surface area contributed by atoms with Crippen LogP contribution >= 0.6 is 0 Å². The van der Waals surface area contributed by atoms with Gasteiger partial charge in [-0.15, -0.1) is 0 Å². The number of aryl methyl sites for hydroxylation is 1. The van der Waals surface area contributed by atoms with Crippen molar-refractivity contribution in [2.24, 2.45) is 0 Å². The summed E-state index contributed by atoms with van der Waals surface area (Å²) in [6.45, 7) is 3.01. The van der Waals surface area contributed by atoms with Gasteiger partial charge in [0, 0.05) is 18.7 Å². The highest BCUT2D eigenvalue weighted by Gasteiger charge is 2.33. The fourth-order valence-electron chi connectivity index (χ4n) is 4.17. The van der Waals surface area contributed by atoms with Gasteiger partial charge in [0.1, 0.15) is 0 Å². The zero-order chi connectivity index (χ0) is 23.3. The second-order valence-corrected chi connectivity index (χ2v) is 7.79. The number of rotatable bonds is 2. The molecule has 0 aromatic heterocycles. The van der Waals surface area contributed by atoms with E-state index in [4.69, 9.17) is 9.90 Å². The number of carbonyl (C=O) groups is 2. The smallest absolute Gasteiger partial charge is 0.417 e. The van der Waals surface area contributed by atoms with Gasteiger partial charge in [-0.05, 0) is 54.2 Å². The lowest BCUT2D eigenvalue weighted by Crippen LogP contribution is -2.38. The van der Waals surface area contributed by atoms with Gasteiger partial charge < -0.3 is 10.0 Å². The number of amides is 1. The third kappa shape index (κ3) is 5.10. The first-order chi connectivity index (χ1) is 15.3. The number of carbonyl (C=O) groups excluding carboxylic acids is 1. The number of carboxylic acid groups (broad SMARTS) is 1. The van der Waals surface area contributed by atoms with Crippen LogP contribution in [0, 0.1) is 6.92 Å². The van der Waals surface area contributed by atoms with Crippen molar-refractivity contribution in [2.45, 2.75) is 31.9 Å². The van der Waals surface area contributed by atoms with Crippen LogP contribution in [0.2, 0.25) is 0 Å². The predicted molar refractivity (Wildman–Crippen MR) is 117 cm³/mol. The van der Waals surface area contributed by atoms with Crippen LogP contribution in [0.15, 0.2) is 60.7 Å². The van der Waals surface area contributed by atoms with E-state index in [1.165, 1.54) is 29.3 Å². The van der Waals surface area contributed by atoms with Crippen LogP contribution in [0.4, 0.5) is 13.2 Å². The van der Waals surface area contributed by atoms with E-state index in [-0.39, 0.29) is 17.8 Å². The van der Waals surface area contributed by atoms with Crippen LogP contribution in [0.5, 0.6) is 0 Å². The van der Waals surface area contributed by atoms with Gasteiger partial charge in [0.25, 0.3) is 12.4 Å². The molecule has 168 valence electrons. The minimum absolute atomic E-state index is 0.0698. The summed E-state index contributed by atoms with van der Waals surface area (Å²) in [4.78, 5) is 23.2. The first kappa shape index (κ1) is 23.3. The van der Waals surface area contributed by atoms with Gasteiger partial charge in [-0.3, -0.25) is 9.59 Å². The maximum atomic E-state index is 13.3. The summed E-state index contributed by atoms with van der Waals surface area (Å²) in [5.41, 5.74) is 2.13. The maximum Gasteiger partial charge on any atom is 0.417 e. The monoisotopic (exact) mass is 443 g/mol. The number of likely N-dealkylation sites (tertiary alicyclic amines) is 1. The first-order valence-electron chi connectivity index (χ1n) is 10.3. The molecule has 4 rings (SSSR count). The number of benzene rings is 3. The molecule has 1 aliphatic heterocycles. The van der Waals surface area contributed by atoms with Crippen molar-refractivity contribution in [1.29, 1.82) is 0 Å². The molecular weight excluding hydrogens is 419 g/mol. The molecule has 0 radical (unpaired) electrons. The maximum absolute atomic E-state index is 13.3. The lowest BCUT2D eigenvalue weighted by molar-refractivity contribution is -0.136. The molecule has 7 heteroatoms. The quantitative estimate of drug-likeness (QED) is 0.503. The van der Waals surface area contributed by atoms with Gasteiger partial charge in [0.2, 0.25) is 0 Å². The van der Waals surface area contributed by atoms with E-state index in [1.54, 1.807) is 17.0 Å². The number of nitrogens with zero attached hydrogens (tertiary/aromatic N) is 1. The van der Waals surface area contributed by atoms with Gasteiger partial charge in [-0.1, -0.05) is 54.1 Å². The van der Waals surface area contributed by atoms with Crippen molar-refractivity contribution in [3.05, 3.63) is 82.9 Å². The Balaban J connectivity index is 0.000000913. The Morgan fingerprint density at radius 3 is 2.12 bits per heavy atom. The van der Waals surface area contributed by atoms with E-state index in [2.05, 4.69) is 31.2 Å². The lowest BCUT2D eigenvalue weighted by atomic mass is 9.88. The molecule has 0 aliphatic carbocycles. The number of piperidine rings is 1. The third-order valence-corrected chi connectivity index (χ3v) is 5.79. The van der Waals surface area contributed by atoms with Crippen LogP contribution < -0.4 is 0 Å². The molecule has 1 saturated heterocycles. The molecule has 0 unspecified atom stereocenters. The molecule has 1 heterocycles. The molecule has 32 heavy (non-hydrogen) atoms. The number of alkyl halides is 3. The van der Waals surface area contributed by atoms with Gasteiger partial charge in [-0.2, -0.15) is 13.2 Å². The van der Waals surface area contributed by atoms with Crippen molar-refractivity contribution in [1.82, 2.24) is 4.90 Å². The molecule has 4 nitrogen and oxygen atoms in total. The van der Waals surface area contributed by atoms with Crippen molar-refractivity contribution in [2.75, 3.05) is 13.1 Å². The minimum atomic E-state index is -4.45. The molecule has 1 amide bonds. The molecule has 0 atom stereocenters. The molecule has 0 bridgehead atoms. The first-order valence-corrected chi connectivity index (χ1v) is 10.3. The van der Waals surface area contributed by atoms with E-state index in [0.717, 1.165) is 18.9 Å². The second-order valence-electron chi connectivity index (χ2n) is 7.79. The number of hydrogen-bond acceptors (Lipinski definition) is 2. The Morgan fingerprint density at radius 1 is 0.969 bits per heavy atom. The van der Waals surface area contributed by atoms with E-state index < -0.39 is 11.7 Å². The highest BCUT2D eigenvalue weighted by Crippen LogP contribution is 2.36. The van der Waals surface area contributed by atoms with E-state index in [1.807, 2.05) is 0 Å². The molecule has 1 aliphatic rings. The summed E-state index contributed by atoms with van der Waals surface area (Å²) in [5, 5.41) is 7.31. The van der Waals surface area contributed by atoms with Crippen LogP contribution in [0.25, 0.3) is 10.8 Å². The summed E-state index contributed by atoms with van der Waals surface area (Å²) in [6.07, 6.45) is -2.74. The Morgan fingerprint density at radius 2 is 1.53 bits per heavy atom. The van der Waals surface area contributed by atoms with Crippen molar-refractivity contribution >= 4 is 23.2 Å². The Hall–Kier alpha value is -3.35. The second kappa shape index (κ2) is 9.85. The number of hydrogen-bond donors (Lipinski definition) is 1. The minimum Gasteiger partial charge on any atom is -0.483 e. The molecule has 3 aromatic carbocycles. The SMILES string of the molecule is Cc1ccc(C2CCN(C(=O)c3cccc4c(C(F)(F)F)cccc34)CC2)cc1.O=CO. The van der Waals surface area contributed by atoms with E-state index >= 15 is 0 Å². The van der Waals surface area contributed by atoms with Gasteiger partial charge in [0.15, 0.2) is 0 Å². The highest BCUT2D eigenvalue weighted by atomic mass is 19.4. The average molecular weight is 443 g/mol. The number of fused-ring (bicyclic) bond motifs is 1. The van der Waals surface area contributed by atoms with Crippen LogP contribution in [-0.2, 0) is 11.0 Å². The van der Waals surface area contributed by atoms with E-state index in [9.17, 15) is 18.0 Å². The van der Waals surface area contributed by atoms with Gasteiger partial charge >= 0.3 is 6.18 Å². The largest absolute Gasteiger partial charge is 0.483 e. The third-order valence-electron chi connectivity index (χ3n) is 5.79. The lowest BCUT2D eigenvalue weighted by Gasteiger charge is -2.32. The van der Waals surface area contributed by atoms with E-state index in [0.29, 0.717) is 30.0 Å². The molecule has 1 N–H and O–H groups in total. The zero-order valence-corrected chi connectivity index (χ0v) is 17.6. The van der Waals surface area contributed by atoms with Crippen molar-refractivity contribution in [3.8, 4) is 0 Å². The molecule has 1 fully saturated rings. The standard InChI is InChI=1S/C24H22F3NO.CH2O2/c1-16-8-10-17(11-9-16)18-12-14-28(15-13-18)23(29)21-6-2-5-20-19(21)4-3-7-22(20)24(25,26)27;2-1-3/h2-11,18H,12-15H2,1H3;1H,(H,2,3). The van der Waals surface area contributed by atoms with Crippen molar-refractivity contribution in [3.63, 3.8) is 0 Å². The van der Waals surface area contributed by atoms with Crippen molar-refractivity contribution < 1.29 is 27.9 Å². The summed E-state index contributed by atoms with van der Waals surface area (Å²) in [5.74, 6) is 0.210. The normalized spacial score (nSPS) is 14.6. The fourth-order valence-corrected chi connectivity index (χ4v) is 4.17. The summed E-state index contributed by atoms with van der Waals surface area (Å²) < 4.78 is 40.0. The Labute approximate surface area is 184 Å². The Bertz CT molecular complexity index is 1090. The van der Waals surface area contributed by atoms with Gasteiger partial charge in [0.05, 0.1) is 5.56 Å². The molecular formula is C25H24F3NO3. The van der Waals surface area contributed by atoms with Gasteiger partial charge in [-0.25, -0.2) is 0 Å². The average Bonchev–Trinajstić information content (AvgIpc) is 2.78. The van der Waals surface area contributed by atoms with Crippen LogP contribution in [0.3, 0.4) is 0 Å². The van der Waals surface area contributed by atoms with Crippen LogP contribution in [0.1, 0.15) is 45.8 Å². The molecule has 0 saturated carbocycles. The molecule has 0 spiro atoms. The summed E-state index contributed by atoms with van der Waals surface area (Å²) >= 11 is 0.